The molecule has 82 valence electrons. The van der Waals surface area contributed by atoms with Gasteiger partial charge >= 0.3 is 0 Å². The summed E-state index contributed by atoms with van der Waals surface area (Å²) in [5.74, 6) is 0. The van der Waals surface area contributed by atoms with Gasteiger partial charge in [-0.1, -0.05) is 25.0 Å². The molecule has 1 aliphatic rings. The van der Waals surface area contributed by atoms with Crippen molar-refractivity contribution in [2.75, 3.05) is 13.2 Å². The summed E-state index contributed by atoms with van der Waals surface area (Å²) in [5.41, 5.74) is 0. The summed E-state index contributed by atoms with van der Waals surface area (Å²) in [7, 11) is 0. The summed E-state index contributed by atoms with van der Waals surface area (Å²) >= 11 is 0. The first-order valence-corrected chi connectivity index (χ1v) is 5.78. The molecule has 0 unspecified atom stereocenters. The Labute approximate surface area is 87.3 Å². The Morgan fingerprint density at radius 2 is 1.36 bits per heavy atom. The van der Waals surface area contributed by atoms with E-state index in [9.17, 15) is 0 Å². The van der Waals surface area contributed by atoms with Gasteiger partial charge in [-0.25, -0.2) is 0 Å². The van der Waals surface area contributed by atoms with Gasteiger partial charge in [-0.05, 0) is 26.7 Å². The SMILES string of the molecule is CCO[C@@H]1/C=C\[C@@H](OCC)CCCC1. The summed E-state index contributed by atoms with van der Waals surface area (Å²) in [4.78, 5) is 0. The molecule has 2 nitrogen and oxygen atoms in total. The second kappa shape index (κ2) is 7.02. The fraction of sp³-hybridized carbons (Fsp3) is 0.833. The monoisotopic (exact) mass is 198 g/mol. The van der Waals surface area contributed by atoms with Gasteiger partial charge in [0.05, 0.1) is 12.2 Å². The van der Waals surface area contributed by atoms with Crippen molar-refractivity contribution in [3.05, 3.63) is 12.2 Å². The molecular formula is C12H22O2. The van der Waals surface area contributed by atoms with Crippen LogP contribution in [-0.2, 0) is 9.47 Å². The van der Waals surface area contributed by atoms with Crippen LogP contribution in [0.5, 0.6) is 0 Å². The third kappa shape index (κ3) is 4.25. The van der Waals surface area contributed by atoms with E-state index >= 15 is 0 Å². The second-order valence-corrected chi connectivity index (χ2v) is 3.66. The van der Waals surface area contributed by atoms with E-state index in [1.165, 1.54) is 12.8 Å². The maximum absolute atomic E-state index is 5.60. The minimum atomic E-state index is 0.309. The predicted molar refractivity (Wildman–Crippen MR) is 58.4 cm³/mol. The van der Waals surface area contributed by atoms with E-state index in [2.05, 4.69) is 12.2 Å². The predicted octanol–water partition coefficient (Wildman–Crippen LogP) is 2.93. The summed E-state index contributed by atoms with van der Waals surface area (Å²) in [5, 5.41) is 0. The Kier molecular flexibility index (Phi) is 5.88. The van der Waals surface area contributed by atoms with Crippen LogP contribution < -0.4 is 0 Å². The lowest BCUT2D eigenvalue weighted by Gasteiger charge is -2.19. The van der Waals surface area contributed by atoms with Gasteiger partial charge in [-0.15, -0.1) is 0 Å². The van der Waals surface area contributed by atoms with Crippen molar-refractivity contribution in [1.29, 1.82) is 0 Å². The first-order valence-electron chi connectivity index (χ1n) is 5.78. The van der Waals surface area contributed by atoms with Crippen molar-refractivity contribution in [3.8, 4) is 0 Å². The molecule has 0 spiro atoms. The molecule has 0 fully saturated rings. The topological polar surface area (TPSA) is 18.5 Å². The molecule has 2 heteroatoms. The van der Waals surface area contributed by atoms with Crippen LogP contribution in [0.15, 0.2) is 12.2 Å². The van der Waals surface area contributed by atoms with Gasteiger partial charge in [-0.2, -0.15) is 0 Å². The first-order chi connectivity index (χ1) is 6.86. The summed E-state index contributed by atoms with van der Waals surface area (Å²) < 4.78 is 11.2. The number of ether oxygens (including phenoxy) is 2. The lowest BCUT2D eigenvalue weighted by Crippen LogP contribution is -2.16. The Hall–Kier alpha value is -0.340. The van der Waals surface area contributed by atoms with Crippen molar-refractivity contribution < 1.29 is 9.47 Å². The molecule has 0 aliphatic heterocycles. The molecule has 0 aromatic heterocycles. The first kappa shape index (κ1) is 11.7. The molecule has 14 heavy (non-hydrogen) atoms. The molecule has 1 aliphatic carbocycles. The molecule has 0 radical (unpaired) electrons. The van der Waals surface area contributed by atoms with Crippen molar-refractivity contribution >= 4 is 0 Å². The van der Waals surface area contributed by atoms with Gasteiger partial charge in [0.2, 0.25) is 0 Å². The fourth-order valence-electron chi connectivity index (χ4n) is 1.84. The minimum Gasteiger partial charge on any atom is -0.374 e. The zero-order valence-corrected chi connectivity index (χ0v) is 9.37. The van der Waals surface area contributed by atoms with Crippen molar-refractivity contribution in [1.82, 2.24) is 0 Å². The van der Waals surface area contributed by atoms with Gasteiger partial charge in [0.15, 0.2) is 0 Å². The molecule has 0 aromatic rings. The molecule has 0 N–H and O–H groups in total. The van der Waals surface area contributed by atoms with Crippen LogP contribution in [-0.4, -0.2) is 25.4 Å². The number of hydrogen-bond acceptors (Lipinski definition) is 2. The largest absolute Gasteiger partial charge is 0.374 e. The highest BCUT2D eigenvalue weighted by Crippen LogP contribution is 2.16. The van der Waals surface area contributed by atoms with Gasteiger partial charge < -0.3 is 9.47 Å². The van der Waals surface area contributed by atoms with E-state index in [1.807, 2.05) is 13.8 Å². The van der Waals surface area contributed by atoms with Crippen LogP contribution in [0.1, 0.15) is 39.5 Å². The van der Waals surface area contributed by atoms with E-state index in [4.69, 9.17) is 9.47 Å². The van der Waals surface area contributed by atoms with Crippen LogP contribution in [0.3, 0.4) is 0 Å². The average Bonchev–Trinajstić information content (AvgIpc) is 2.15. The molecule has 1 rings (SSSR count). The molecule has 0 aromatic carbocycles. The molecule has 0 saturated carbocycles. The lowest BCUT2D eigenvalue weighted by molar-refractivity contribution is 0.0669. The van der Waals surface area contributed by atoms with E-state index in [0.717, 1.165) is 26.1 Å². The maximum atomic E-state index is 5.60. The Morgan fingerprint density at radius 1 is 0.929 bits per heavy atom. The standard InChI is InChI=1S/C12H22O2/c1-3-13-11-7-5-6-8-12(10-9-11)14-4-2/h9-12H,3-8H2,1-2H3/b10-9-/t11-,12-/m0/s1. The van der Waals surface area contributed by atoms with Crippen LogP contribution in [0.25, 0.3) is 0 Å². The normalized spacial score (nSPS) is 30.7. The zero-order valence-electron chi connectivity index (χ0n) is 9.37. The fourth-order valence-corrected chi connectivity index (χ4v) is 1.84. The highest BCUT2D eigenvalue weighted by Gasteiger charge is 2.11. The molecule has 0 saturated heterocycles. The van der Waals surface area contributed by atoms with Gasteiger partial charge in [0, 0.05) is 13.2 Å². The molecule has 0 bridgehead atoms. The van der Waals surface area contributed by atoms with Gasteiger partial charge in [0.1, 0.15) is 0 Å². The van der Waals surface area contributed by atoms with Crippen molar-refractivity contribution in [3.63, 3.8) is 0 Å². The third-order valence-electron chi connectivity index (χ3n) is 2.53. The quantitative estimate of drug-likeness (QED) is 0.647. The van der Waals surface area contributed by atoms with E-state index in [-0.39, 0.29) is 0 Å². The Morgan fingerprint density at radius 3 is 1.71 bits per heavy atom. The van der Waals surface area contributed by atoms with Gasteiger partial charge in [-0.3, -0.25) is 0 Å². The second-order valence-electron chi connectivity index (χ2n) is 3.66. The summed E-state index contributed by atoms with van der Waals surface area (Å²) in [6.45, 7) is 5.70. The minimum absolute atomic E-state index is 0.309. The molecule has 0 amide bonds. The van der Waals surface area contributed by atoms with E-state index in [0.29, 0.717) is 12.2 Å². The Bertz CT molecular complexity index is 148. The van der Waals surface area contributed by atoms with Crippen LogP contribution in [0, 0.1) is 0 Å². The highest BCUT2D eigenvalue weighted by atomic mass is 16.5. The van der Waals surface area contributed by atoms with Gasteiger partial charge in [0.25, 0.3) is 0 Å². The van der Waals surface area contributed by atoms with Crippen molar-refractivity contribution in [2.45, 2.75) is 51.7 Å². The third-order valence-corrected chi connectivity index (χ3v) is 2.53. The number of hydrogen-bond donors (Lipinski definition) is 0. The van der Waals surface area contributed by atoms with Crippen LogP contribution in [0.4, 0.5) is 0 Å². The number of rotatable bonds is 4. The molecular weight excluding hydrogens is 176 g/mol. The van der Waals surface area contributed by atoms with Crippen LogP contribution in [0.2, 0.25) is 0 Å². The van der Waals surface area contributed by atoms with Crippen LogP contribution >= 0.6 is 0 Å². The summed E-state index contributed by atoms with van der Waals surface area (Å²) in [6, 6.07) is 0. The zero-order chi connectivity index (χ0) is 10.2. The lowest BCUT2D eigenvalue weighted by atomic mass is 10.0. The van der Waals surface area contributed by atoms with E-state index in [1.54, 1.807) is 0 Å². The van der Waals surface area contributed by atoms with E-state index < -0.39 is 0 Å². The molecule has 0 heterocycles. The summed E-state index contributed by atoms with van der Waals surface area (Å²) in [6.07, 6.45) is 9.77. The average molecular weight is 198 g/mol. The highest BCUT2D eigenvalue weighted by molar-refractivity contribution is 4.96. The Balaban J connectivity index is 2.42. The molecule has 2 atom stereocenters. The maximum Gasteiger partial charge on any atom is 0.0756 e. The van der Waals surface area contributed by atoms with Crippen molar-refractivity contribution in [2.24, 2.45) is 0 Å². The smallest absolute Gasteiger partial charge is 0.0756 e.